The van der Waals surface area contributed by atoms with Gasteiger partial charge in [-0.1, -0.05) is 18.2 Å². The lowest BCUT2D eigenvalue weighted by Gasteiger charge is -2.14. The van der Waals surface area contributed by atoms with Gasteiger partial charge in [0.2, 0.25) is 0 Å². The van der Waals surface area contributed by atoms with Crippen LogP contribution in [0.2, 0.25) is 0 Å². The van der Waals surface area contributed by atoms with Crippen molar-refractivity contribution in [3.05, 3.63) is 70.5 Å². The zero-order chi connectivity index (χ0) is 22.6. The predicted octanol–water partition coefficient (Wildman–Crippen LogP) is 5.55. The number of ether oxygens (including phenoxy) is 3. The Balaban J connectivity index is 1.61. The van der Waals surface area contributed by atoms with Gasteiger partial charge in [-0.15, -0.1) is 0 Å². The van der Waals surface area contributed by atoms with E-state index in [1.54, 1.807) is 25.1 Å². The number of allylic oxidation sites excluding steroid dienone is 1. The van der Waals surface area contributed by atoms with E-state index in [2.05, 4.69) is 0 Å². The van der Waals surface area contributed by atoms with Gasteiger partial charge in [0.05, 0.1) is 18.4 Å². The number of aliphatic carboxylic acids is 1. The second-order valence-corrected chi connectivity index (χ2v) is 7.25. The quantitative estimate of drug-likeness (QED) is 0.588. The topological polar surface area (TPSA) is 65.0 Å². The zero-order valence-electron chi connectivity index (χ0n) is 17.2. The van der Waals surface area contributed by atoms with Crippen molar-refractivity contribution in [1.82, 2.24) is 0 Å². The van der Waals surface area contributed by atoms with Crippen LogP contribution in [0, 0.1) is 0 Å². The van der Waals surface area contributed by atoms with E-state index < -0.39 is 17.7 Å². The lowest BCUT2D eigenvalue weighted by atomic mass is 10.0. The maximum absolute atomic E-state index is 12.7. The molecule has 0 spiro atoms. The average Bonchev–Trinajstić information content (AvgIpc) is 3.11. The maximum Gasteiger partial charge on any atom is 0.416 e. The number of alkyl halides is 3. The Labute approximate surface area is 178 Å². The predicted molar refractivity (Wildman–Crippen MR) is 107 cm³/mol. The fraction of sp³-hybridized carbons (Fsp3) is 0.348. The van der Waals surface area contributed by atoms with E-state index in [1.165, 1.54) is 19.2 Å². The van der Waals surface area contributed by atoms with Crippen molar-refractivity contribution in [3.8, 4) is 11.5 Å². The summed E-state index contributed by atoms with van der Waals surface area (Å²) >= 11 is 0. The van der Waals surface area contributed by atoms with Crippen molar-refractivity contribution in [2.45, 2.75) is 38.5 Å². The minimum Gasteiger partial charge on any atom is -0.496 e. The lowest BCUT2D eigenvalue weighted by Crippen LogP contribution is -2.06. The van der Waals surface area contributed by atoms with Crippen LogP contribution >= 0.6 is 0 Å². The van der Waals surface area contributed by atoms with Crippen molar-refractivity contribution in [2.75, 3.05) is 13.7 Å². The van der Waals surface area contributed by atoms with Gasteiger partial charge in [-0.25, -0.2) is 0 Å². The fourth-order valence-electron chi connectivity index (χ4n) is 3.37. The minimum atomic E-state index is -4.37. The Morgan fingerprint density at radius 2 is 1.90 bits per heavy atom. The van der Waals surface area contributed by atoms with Crippen molar-refractivity contribution in [1.29, 1.82) is 0 Å². The molecule has 0 bridgehead atoms. The number of benzene rings is 2. The molecule has 1 aliphatic rings. The SMILES string of the molecule is COc1cc(OCC2=C(C)OC(c3ccc(C(F)(F)F)cc3)C2)ccc1CCC(=O)O. The Morgan fingerprint density at radius 3 is 2.52 bits per heavy atom. The number of carboxylic acid groups (broad SMARTS) is 1. The Bertz CT molecular complexity index is 964. The molecule has 8 heteroatoms. The van der Waals surface area contributed by atoms with Crippen LogP contribution in [0.5, 0.6) is 11.5 Å². The van der Waals surface area contributed by atoms with Crippen LogP contribution in [0.1, 0.15) is 42.6 Å². The second-order valence-electron chi connectivity index (χ2n) is 7.25. The first-order valence-corrected chi connectivity index (χ1v) is 9.71. The average molecular weight is 436 g/mol. The van der Waals surface area contributed by atoms with Gasteiger partial charge in [0, 0.05) is 24.5 Å². The lowest BCUT2D eigenvalue weighted by molar-refractivity contribution is -0.138. The molecule has 1 atom stereocenters. The van der Waals surface area contributed by atoms with Crippen molar-refractivity contribution >= 4 is 5.97 Å². The molecule has 166 valence electrons. The number of carbonyl (C=O) groups is 1. The highest BCUT2D eigenvalue weighted by Gasteiger charge is 2.31. The minimum absolute atomic E-state index is 0.00528. The van der Waals surface area contributed by atoms with E-state index in [-0.39, 0.29) is 19.1 Å². The molecule has 1 aliphatic heterocycles. The summed E-state index contributed by atoms with van der Waals surface area (Å²) in [6, 6.07) is 10.2. The third kappa shape index (κ3) is 5.71. The molecule has 2 aromatic rings. The Kier molecular flexibility index (Phi) is 6.77. The third-order valence-electron chi connectivity index (χ3n) is 5.14. The molecule has 0 saturated heterocycles. The van der Waals surface area contributed by atoms with E-state index >= 15 is 0 Å². The van der Waals surface area contributed by atoms with Gasteiger partial charge in [-0.05, 0) is 42.7 Å². The zero-order valence-corrected chi connectivity index (χ0v) is 17.2. The molecule has 1 heterocycles. The first-order valence-electron chi connectivity index (χ1n) is 9.71. The molecule has 3 rings (SSSR count). The second kappa shape index (κ2) is 9.32. The summed E-state index contributed by atoms with van der Waals surface area (Å²) in [5.74, 6) is 0.924. The van der Waals surface area contributed by atoms with Gasteiger partial charge in [-0.3, -0.25) is 4.79 Å². The molecular formula is C23H23F3O5. The van der Waals surface area contributed by atoms with Gasteiger partial charge in [0.1, 0.15) is 24.2 Å². The Morgan fingerprint density at radius 1 is 1.19 bits per heavy atom. The van der Waals surface area contributed by atoms with Crippen LogP contribution in [0.15, 0.2) is 53.8 Å². The summed E-state index contributed by atoms with van der Waals surface area (Å²) < 4.78 is 55.3. The van der Waals surface area contributed by atoms with Crippen LogP contribution in [-0.4, -0.2) is 24.8 Å². The van der Waals surface area contributed by atoms with Gasteiger partial charge >= 0.3 is 12.1 Å². The number of carboxylic acids is 1. The largest absolute Gasteiger partial charge is 0.496 e. The van der Waals surface area contributed by atoms with Gasteiger partial charge in [-0.2, -0.15) is 13.2 Å². The molecule has 1 unspecified atom stereocenters. The number of halogens is 3. The number of hydrogen-bond acceptors (Lipinski definition) is 4. The van der Waals surface area contributed by atoms with E-state index in [9.17, 15) is 18.0 Å². The van der Waals surface area contributed by atoms with Gasteiger partial charge < -0.3 is 19.3 Å². The summed E-state index contributed by atoms with van der Waals surface area (Å²) in [6.45, 7) is 2.07. The van der Waals surface area contributed by atoms with Crippen molar-refractivity contribution in [2.24, 2.45) is 0 Å². The van der Waals surface area contributed by atoms with Crippen LogP contribution < -0.4 is 9.47 Å². The summed E-state index contributed by atoms with van der Waals surface area (Å²) in [4.78, 5) is 10.8. The van der Waals surface area contributed by atoms with E-state index in [0.29, 0.717) is 35.7 Å². The van der Waals surface area contributed by atoms with Crippen LogP contribution in [0.3, 0.4) is 0 Å². The standard InChI is InChI=1S/C23H23F3O5/c1-14-17(11-21(31-14)16-3-7-18(8-4-16)23(24,25)26)13-30-19-9-5-15(6-10-22(27)28)20(12-19)29-2/h3-5,7-9,12,21H,6,10-11,13H2,1-2H3,(H,27,28). The molecule has 5 nitrogen and oxygen atoms in total. The molecule has 0 fully saturated rings. The maximum atomic E-state index is 12.7. The molecule has 0 aliphatic carbocycles. The molecule has 31 heavy (non-hydrogen) atoms. The molecule has 0 amide bonds. The molecule has 0 radical (unpaired) electrons. The summed E-state index contributed by atoms with van der Waals surface area (Å²) in [5, 5.41) is 8.84. The highest BCUT2D eigenvalue weighted by atomic mass is 19.4. The number of aryl methyl sites for hydroxylation is 1. The van der Waals surface area contributed by atoms with E-state index in [4.69, 9.17) is 19.3 Å². The molecular weight excluding hydrogens is 413 g/mol. The summed E-state index contributed by atoms with van der Waals surface area (Å²) in [5.41, 5.74) is 1.67. The fourth-order valence-corrected chi connectivity index (χ4v) is 3.37. The number of hydrogen-bond donors (Lipinski definition) is 1. The molecule has 1 N–H and O–H groups in total. The van der Waals surface area contributed by atoms with Crippen LogP contribution in [-0.2, 0) is 22.1 Å². The molecule has 2 aromatic carbocycles. The normalized spacial score (nSPS) is 16.2. The van der Waals surface area contributed by atoms with Crippen LogP contribution in [0.25, 0.3) is 0 Å². The highest BCUT2D eigenvalue weighted by Crippen LogP contribution is 2.38. The number of methoxy groups -OCH3 is 1. The van der Waals surface area contributed by atoms with Gasteiger partial charge in [0.25, 0.3) is 0 Å². The number of rotatable bonds is 8. The third-order valence-corrected chi connectivity index (χ3v) is 5.14. The smallest absolute Gasteiger partial charge is 0.416 e. The summed E-state index contributed by atoms with van der Waals surface area (Å²) in [6.07, 6.45) is -3.84. The van der Waals surface area contributed by atoms with Crippen molar-refractivity contribution in [3.63, 3.8) is 0 Å². The highest BCUT2D eigenvalue weighted by molar-refractivity contribution is 5.67. The van der Waals surface area contributed by atoms with E-state index in [0.717, 1.165) is 23.3 Å². The molecule has 0 saturated carbocycles. The monoisotopic (exact) mass is 436 g/mol. The summed E-state index contributed by atoms with van der Waals surface area (Å²) in [7, 11) is 1.51. The first-order chi connectivity index (χ1) is 14.7. The van der Waals surface area contributed by atoms with Crippen molar-refractivity contribution < 1.29 is 37.3 Å². The van der Waals surface area contributed by atoms with E-state index in [1.807, 2.05) is 0 Å². The van der Waals surface area contributed by atoms with Gasteiger partial charge in [0.15, 0.2) is 0 Å². The van der Waals surface area contributed by atoms with Crippen LogP contribution in [0.4, 0.5) is 13.2 Å². The Hall–Kier alpha value is -3.16. The first kappa shape index (κ1) is 22.5. The molecule has 0 aromatic heterocycles.